The Morgan fingerprint density at radius 1 is 1.27 bits per heavy atom. The molecule has 0 saturated carbocycles. The van der Waals surface area contributed by atoms with Crippen molar-refractivity contribution in [2.24, 2.45) is 0 Å². The van der Waals surface area contributed by atoms with E-state index in [0.717, 1.165) is 0 Å². The minimum absolute atomic E-state index is 0.279. The van der Waals surface area contributed by atoms with Gasteiger partial charge in [-0.2, -0.15) is 0 Å². The minimum atomic E-state index is 0.279. The van der Waals surface area contributed by atoms with Crippen LogP contribution in [0.5, 0.6) is 0 Å². The Morgan fingerprint density at radius 3 is 2.80 bits per heavy atom. The lowest BCUT2D eigenvalue weighted by Gasteiger charge is -2.06. The number of rotatable bonds is 1. The number of hydrogen-bond donors (Lipinski definition) is 1. The van der Waals surface area contributed by atoms with Gasteiger partial charge >= 0.3 is 0 Å². The average Bonchev–Trinajstić information content (AvgIpc) is 2.23. The molecule has 75 valence electrons. The Morgan fingerprint density at radius 2 is 2.07 bits per heavy atom. The predicted octanol–water partition coefficient (Wildman–Crippen LogP) is 2.83. The topological polar surface area (TPSA) is 51.8 Å². The van der Waals surface area contributed by atoms with Crippen molar-refractivity contribution < 1.29 is 0 Å². The Hall–Kier alpha value is -1.32. The van der Waals surface area contributed by atoms with E-state index < -0.39 is 0 Å². The quantitative estimate of drug-likeness (QED) is 0.832. The lowest BCUT2D eigenvalue weighted by molar-refractivity contribution is 1.20. The number of aromatic nitrogens is 2. The third-order valence-electron chi connectivity index (χ3n) is 1.89. The van der Waals surface area contributed by atoms with E-state index in [1.54, 1.807) is 18.2 Å². The van der Waals surface area contributed by atoms with Crippen LogP contribution in [0.15, 0.2) is 24.4 Å². The van der Waals surface area contributed by atoms with E-state index in [2.05, 4.69) is 16.2 Å². The smallest absolute Gasteiger partial charge is 0.150 e. The second kappa shape index (κ2) is 4.04. The number of nitrogens with two attached hydrogens (primary N) is 1. The SMILES string of the molecule is Nc1n[c]cnc1-c1cccc(Cl)c1Cl. The van der Waals surface area contributed by atoms with Crippen molar-refractivity contribution in [1.82, 2.24) is 9.97 Å². The van der Waals surface area contributed by atoms with Gasteiger partial charge in [0.25, 0.3) is 0 Å². The van der Waals surface area contributed by atoms with Crippen LogP contribution in [0.3, 0.4) is 0 Å². The second-order valence-corrected chi connectivity index (χ2v) is 3.62. The highest BCUT2D eigenvalue weighted by atomic mass is 35.5. The van der Waals surface area contributed by atoms with Crippen molar-refractivity contribution in [3.63, 3.8) is 0 Å². The number of halogens is 2. The van der Waals surface area contributed by atoms with E-state index in [4.69, 9.17) is 28.9 Å². The molecule has 0 fully saturated rings. The number of benzene rings is 1. The number of hydrogen-bond acceptors (Lipinski definition) is 3. The summed E-state index contributed by atoms with van der Waals surface area (Å²) in [6.07, 6.45) is 3.98. The van der Waals surface area contributed by atoms with E-state index in [9.17, 15) is 0 Å². The van der Waals surface area contributed by atoms with Gasteiger partial charge in [-0.15, -0.1) is 0 Å². The van der Waals surface area contributed by atoms with Crippen molar-refractivity contribution in [2.45, 2.75) is 0 Å². The first-order valence-electron chi connectivity index (χ1n) is 4.13. The van der Waals surface area contributed by atoms with Gasteiger partial charge in [-0.1, -0.05) is 35.3 Å². The van der Waals surface area contributed by atoms with Crippen molar-refractivity contribution in [3.05, 3.63) is 40.6 Å². The fourth-order valence-corrected chi connectivity index (χ4v) is 1.60. The molecule has 2 rings (SSSR count). The first-order chi connectivity index (χ1) is 7.20. The Bertz CT molecular complexity index is 500. The van der Waals surface area contributed by atoms with Gasteiger partial charge in [0, 0.05) is 5.56 Å². The van der Waals surface area contributed by atoms with Crippen LogP contribution in [-0.2, 0) is 0 Å². The molecule has 1 heterocycles. The largest absolute Gasteiger partial charge is 0.382 e. The molecule has 0 aliphatic rings. The van der Waals surface area contributed by atoms with Crippen molar-refractivity contribution in [2.75, 3.05) is 5.73 Å². The van der Waals surface area contributed by atoms with Crippen LogP contribution in [-0.4, -0.2) is 9.97 Å². The lowest BCUT2D eigenvalue weighted by atomic mass is 10.1. The van der Waals surface area contributed by atoms with E-state index in [0.29, 0.717) is 21.3 Å². The van der Waals surface area contributed by atoms with E-state index >= 15 is 0 Å². The summed E-state index contributed by atoms with van der Waals surface area (Å²) in [6, 6.07) is 5.27. The minimum Gasteiger partial charge on any atom is -0.382 e. The Kier molecular flexibility index (Phi) is 2.75. The lowest BCUT2D eigenvalue weighted by Crippen LogP contribution is -1.96. The zero-order valence-corrected chi connectivity index (χ0v) is 9.05. The third-order valence-corrected chi connectivity index (χ3v) is 2.70. The van der Waals surface area contributed by atoms with Crippen LogP contribution in [0.25, 0.3) is 11.3 Å². The number of anilines is 1. The standard InChI is InChI=1S/C10H6Cl2N3/c11-7-3-1-2-6(8(7)12)9-10(13)15-5-4-14-9/h1-4H,(H2,13,15). The molecule has 1 aromatic heterocycles. The molecule has 5 heteroatoms. The highest BCUT2D eigenvalue weighted by Crippen LogP contribution is 2.33. The van der Waals surface area contributed by atoms with Crippen LogP contribution < -0.4 is 5.73 Å². The Labute approximate surface area is 96.9 Å². The average molecular weight is 239 g/mol. The van der Waals surface area contributed by atoms with Gasteiger partial charge in [0.05, 0.1) is 16.2 Å². The fourth-order valence-electron chi connectivity index (χ4n) is 1.21. The summed E-state index contributed by atoms with van der Waals surface area (Å²) in [5.41, 5.74) is 6.85. The van der Waals surface area contributed by atoms with Crippen LogP contribution in [0.4, 0.5) is 5.82 Å². The molecule has 0 amide bonds. The number of nitrogen functional groups attached to an aromatic ring is 1. The molecule has 15 heavy (non-hydrogen) atoms. The summed E-state index contributed by atoms with van der Waals surface area (Å²) in [5.74, 6) is 0.279. The predicted molar refractivity (Wildman–Crippen MR) is 60.7 cm³/mol. The molecule has 2 N–H and O–H groups in total. The zero-order valence-electron chi connectivity index (χ0n) is 7.54. The van der Waals surface area contributed by atoms with Gasteiger partial charge in [0.15, 0.2) is 5.82 Å². The normalized spacial score (nSPS) is 10.3. The van der Waals surface area contributed by atoms with Gasteiger partial charge in [-0.3, -0.25) is 0 Å². The van der Waals surface area contributed by atoms with Crippen LogP contribution in [0.1, 0.15) is 0 Å². The molecule has 0 aliphatic heterocycles. The van der Waals surface area contributed by atoms with Crippen molar-refractivity contribution in [1.29, 1.82) is 0 Å². The molecule has 0 atom stereocenters. The molecule has 0 saturated heterocycles. The fraction of sp³-hybridized carbons (Fsp3) is 0. The molecule has 0 spiro atoms. The first kappa shape index (κ1) is 10.2. The summed E-state index contributed by atoms with van der Waals surface area (Å²) >= 11 is 11.9. The molecule has 0 bridgehead atoms. The van der Waals surface area contributed by atoms with E-state index in [1.165, 1.54) is 6.20 Å². The highest BCUT2D eigenvalue weighted by Gasteiger charge is 2.10. The monoisotopic (exact) mass is 238 g/mol. The summed E-state index contributed by atoms with van der Waals surface area (Å²) < 4.78 is 0. The molecule has 1 aromatic carbocycles. The van der Waals surface area contributed by atoms with Gasteiger partial charge in [0.2, 0.25) is 0 Å². The summed E-state index contributed by atoms with van der Waals surface area (Å²) in [7, 11) is 0. The summed E-state index contributed by atoms with van der Waals surface area (Å²) in [4.78, 5) is 7.88. The van der Waals surface area contributed by atoms with Crippen LogP contribution in [0.2, 0.25) is 10.0 Å². The van der Waals surface area contributed by atoms with Gasteiger partial charge in [-0.25, -0.2) is 9.97 Å². The molecule has 1 radical (unpaired) electrons. The van der Waals surface area contributed by atoms with Gasteiger partial charge in [-0.05, 0) is 6.07 Å². The maximum absolute atomic E-state index is 6.03. The molecule has 0 aliphatic carbocycles. The van der Waals surface area contributed by atoms with Crippen LogP contribution in [0, 0.1) is 6.20 Å². The summed E-state index contributed by atoms with van der Waals surface area (Å²) in [6.45, 7) is 0. The molecule has 3 nitrogen and oxygen atoms in total. The number of nitrogens with zero attached hydrogens (tertiary/aromatic N) is 2. The third kappa shape index (κ3) is 1.89. The zero-order chi connectivity index (χ0) is 10.8. The molecule has 2 aromatic rings. The second-order valence-electron chi connectivity index (χ2n) is 2.83. The van der Waals surface area contributed by atoms with E-state index in [1.807, 2.05) is 0 Å². The highest BCUT2D eigenvalue weighted by molar-refractivity contribution is 6.43. The molecular formula is C10H6Cl2N3. The van der Waals surface area contributed by atoms with Crippen molar-refractivity contribution in [3.8, 4) is 11.3 Å². The summed E-state index contributed by atoms with van der Waals surface area (Å²) in [5, 5.41) is 0.884. The maximum Gasteiger partial charge on any atom is 0.150 e. The van der Waals surface area contributed by atoms with Crippen molar-refractivity contribution >= 4 is 29.0 Å². The van der Waals surface area contributed by atoms with E-state index in [-0.39, 0.29) is 5.82 Å². The molecule has 0 unspecified atom stereocenters. The van der Waals surface area contributed by atoms with Gasteiger partial charge < -0.3 is 5.73 Å². The maximum atomic E-state index is 6.03. The first-order valence-corrected chi connectivity index (χ1v) is 4.88. The van der Waals surface area contributed by atoms with Crippen LogP contribution >= 0.6 is 23.2 Å². The Balaban J connectivity index is 2.65. The molecular weight excluding hydrogens is 233 g/mol. The van der Waals surface area contributed by atoms with Gasteiger partial charge in [0.1, 0.15) is 11.9 Å².